The molecule has 0 bridgehead atoms. The zero-order valence-electron chi connectivity index (χ0n) is 13.5. The number of aromatic nitrogens is 2. The number of nitrogens with zero attached hydrogens (tertiary/aromatic N) is 1. The zero-order valence-corrected chi connectivity index (χ0v) is 13.5. The number of hydrogen-bond donors (Lipinski definition) is 4. The summed E-state index contributed by atoms with van der Waals surface area (Å²) in [5, 5.41) is 19.1. The monoisotopic (exact) mass is 344 g/mol. The van der Waals surface area contributed by atoms with Gasteiger partial charge in [0.05, 0.1) is 41.9 Å². The highest BCUT2D eigenvalue weighted by Crippen LogP contribution is 2.30. The number of H-pyrrole nitrogens is 1. The number of anilines is 2. The topological polar surface area (TPSA) is 99.3 Å². The van der Waals surface area contributed by atoms with Crippen LogP contribution in [0.15, 0.2) is 36.5 Å². The molecule has 25 heavy (non-hydrogen) atoms. The summed E-state index contributed by atoms with van der Waals surface area (Å²) >= 11 is 0. The number of amides is 1. The fourth-order valence-electron chi connectivity index (χ4n) is 2.41. The Morgan fingerprint density at radius 3 is 2.96 bits per heavy atom. The molecule has 0 fully saturated rings. The molecule has 4 N–H and O–H groups in total. The molecule has 3 rings (SSSR count). The van der Waals surface area contributed by atoms with Crippen LogP contribution in [-0.2, 0) is 4.84 Å². The molecule has 3 aromatic rings. The molecule has 0 aliphatic heterocycles. The number of benzene rings is 2. The summed E-state index contributed by atoms with van der Waals surface area (Å²) in [6.07, 6.45) is 1.55. The van der Waals surface area contributed by atoms with Crippen molar-refractivity contribution in [3.63, 3.8) is 0 Å². The van der Waals surface area contributed by atoms with Gasteiger partial charge in [-0.15, -0.1) is 0 Å². The fourth-order valence-corrected chi connectivity index (χ4v) is 2.41. The predicted molar refractivity (Wildman–Crippen MR) is 91.0 cm³/mol. The van der Waals surface area contributed by atoms with Gasteiger partial charge < -0.3 is 10.4 Å². The summed E-state index contributed by atoms with van der Waals surface area (Å²) in [4.78, 5) is 17.2. The van der Waals surface area contributed by atoms with Gasteiger partial charge in [0.25, 0.3) is 5.91 Å². The van der Waals surface area contributed by atoms with E-state index in [1.54, 1.807) is 37.4 Å². The molecule has 7 nitrogen and oxygen atoms in total. The van der Waals surface area contributed by atoms with Crippen molar-refractivity contribution in [3.05, 3.63) is 53.5 Å². The molecule has 1 amide bonds. The Kier molecular flexibility index (Phi) is 4.92. The highest BCUT2D eigenvalue weighted by Gasteiger charge is 2.17. The number of aryl methyl sites for hydroxylation is 1. The maximum Gasteiger partial charge on any atom is 0.276 e. The van der Waals surface area contributed by atoms with Crippen molar-refractivity contribution in [2.24, 2.45) is 0 Å². The van der Waals surface area contributed by atoms with E-state index in [-0.39, 0.29) is 24.5 Å². The third-order valence-electron chi connectivity index (χ3n) is 3.61. The Hall–Kier alpha value is -2.97. The van der Waals surface area contributed by atoms with E-state index in [9.17, 15) is 9.18 Å². The number of rotatable bonds is 6. The quantitative estimate of drug-likeness (QED) is 0.406. The van der Waals surface area contributed by atoms with Crippen LogP contribution in [0.5, 0.6) is 0 Å². The van der Waals surface area contributed by atoms with Crippen molar-refractivity contribution in [3.8, 4) is 0 Å². The van der Waals surface area contributed by atoms with Gasteiger partial charge in [0.15, 0.2) is 0 Å². The minimum atomic E-state index is -0.522. The molecule has 0 unspecified atom stereocenters. The molecule has 0 atom stereocenters. The van der Waals surface area contributed by atoms with Crippen LogP contribution in [0, 0.1) is 12.7 Å². The molecule has 0 aliphatic carbocycles. The third-order valence-corrected chi connectivity index (χ3v) is 3.61. The molecule has 8 heteroatoms. The average Bonchev–Trinajstić information content (AvgIpc) is 3.06. The molecule has 2 aromatic carbocycles. The van der Waals surface area contributed by atoms with Crippen LogP contribution in [0.3, 0.4) is 0 Å². The maximum absolute atomic E-state index is 14.2. The van der Waals surface area contributed by atoms with Crippen molar-refractivity contribution in [1.82, 2.24) is 15.7 Å². The predicted octanol–water partition coefficient (Wildman–Crippen LogP) is 2.41. The average molecular weight is 344 g/mol. The molecule has 1 heterocycles. The number of hydroxylamine groups is 1. The van der Waals surface area contributed by atoms with Crippen molar-refractivity contribution in [1.29, 1.82) is 0 Å². The minimum Gasteiger partial charge on any atom is -0.394 e. The molecule has 130 valence electrons. The lowest BCUT2D eigenvalue weighted by Crippen LogP contribution is -2.25. The number of fused-ring (bicyclic) bond motifs is 1. The van der Waals surface area contributed by atoms with Crippen LogP contribution in [0.2, 0.25) is 0 Å². The molecule has 0 aliphatic rings. The normalized spacial score (nSPS) is 10.8. The second-order valence-electron chi connectivity index (χ2n) is 5.43. The first-order chi connectivity index (χ1) is 12.1. The summed E-state index contributed by atoms with van der Waals surface area (Å²) in [5.41, 5.74) is 4.63. The number of aliphatic hydroxyl groups is 1. The molecule has 0 saturated carbocycles. The Labute approximate surface area is 142 Å². The number of aliphatic hydroxyl groups excluding tert-OH is 1. The Bertz CT molecular complexity index is 910. The van der Waals surface area contributed by atoms with Gasteiger partial charge in [0, 0.05) is 5.39 Å². The second kappa shape index (κ2) is 7.29. The summed E-state index contributed by atoms with van der Waals surface area (Å²) in [7, 11) is 0. The summed E-state index contributed by atoms with van der Waals surface area (Å²) in [6, 6.07) is 8.05. The Balaban J connectivity index is 2.00. The SMILES string of the molecule is Cc1ccc(Nc2c(C(=O)NOCCO)ccc3[nH]ncc23)c(F)c1. The van der Waals surface area contributed by atoms with Gasteiger partial charge in [-0.3, -0.25) is 14.7 Å². The number of carbonyl (C=O) groups excluding carboxylic acids is 1. The number of halogens is 1. The molecule has 0 radical (unpaired) electrons. The van der Waals surface area contributed by atoms with Crippen LogP contribution in [-0.4, -0.2) is 34.4 Å². The molecule has 0 saturated heterocycles. The minimum absolute atomic E-state index is 0.0327. The lowest BCUT2D eigenvalue weighted by Gasteiger charge is -2.14. The first kappa shape index (κ1) is 16.9. The lowest BCUT2D eigenvalue weighted by molar-refractivity contribution is 0.0169. The van der Waals surface area contributed by atoms with E-state index in [1.807, 2.05) is 0 Å². The van der Waals surface area contributed by atoms with Crippen molar-refractivity contribution < 1.29 is 19.1 Å². The van der Waals surface area contributed by atoms with Crippen LogP contribution < -0.4 is 10.8 Å². The Morgan fingerprint density at radius 2 is 2.20 bits per heavy atom. The molecular weight excluding hydrogens is 327 g/mol. The van der Waals surface area contributed by atoms with Crippen LogP contribution in [0.25, 0.3) is 10.9 Å². The van der Waals surface area contributed by atoms with Crippen LogP contribution in [0.4, 0.5) is 15.8 Å². The van der Waals surface area contributed by atoms with Crippen LogP contribution >= 0.6 is 0 Å². The Morgan fingerprint density at radius 1 is 1.36 bits per heavy atom. The van der Waals surface area contributed by atoms with E-state index >= 15 is 0 Å². The van der Waals surface area contributed by atoms with Gasteiger partial charge in [-0.25, -0.2) is 9.87 Å². The zero-order chi connectivity index (χ0) is 17.8. The van der Waals surface area contributed by atoms with Gasteiger partial charge in [-0.1, -0.05) is 6.07 Å². The number of hydrogen-bond acceptors (Lipinski definition) is 5. The van der Waals surface area contributed by atoms with Crippen molar-refractivity contribution >= 4 is 28.2 Å². The van der Waals surface area contributed by atoms with Gasteiger partial charge >= 0.3 is 0 Å². The molecule has 0 spiro atoms. The lowest BCUT2D eigenvalue weighted by atomic mass is 10.1. The first-order valence-corrected chi connectivity index (χ1v) is 7.62. The highest BCUT2D eigenvalue weighted by atomic mass is 19.1. The van der Waals surface area contributed by atoms with Gasteiger partial charge in [-0.2, -0.15) is 5.10 Å². The molecular formula is C17H17FN4O3. The van der Waals surface area contributed by atoms with Crippen molar-refractivity contribution in [2.75, 3.05) is 18.5 Å². The number of nitrogens with one attached hydrogen (secondary N) is 3. The maximum atomic E-state index is 14.2. The smallest absolute Gasteiger partial charge is 0.276 e. The summed E-state index contributed by atoms with van der Waals surface area (Å²) in [6.45, 7) is 1.54. The van der Waals surface area contributed by atoms with Gasteiger partial charge in [-0.05, 0) is 36.8 Å². The largest absolute Gasteiger partial charge is 0.394 e. The number of aromatic amines is 1. The first-order valence-electron chi connectivity index (χ1n) is 7.62. The van der Waals surface area contributed by atoms with E-state index in [1.165, 1.54) is 6.07 Å². The molecule has 1 aromatic heterocycles. The van der Waals surface area contributed by atoms with Crippen molar-refractivity contribution in [2.45, 2.75) is 6.92 Å². The van der Waals surface area contributed by atoms with E-state index in [2.05, 4.69) is 21.0 Å². The van der Waals surface area contributed by atoms with Crippen LogP contribution in [0.1, 0.15) is 15.9 Å². The fraction of sp³-hybridized carbons (Fsp3) is 0.176. The third kappa shape index (κ3) is 3.59. The van der Waals surface area contributed by atoms with E-state index in [4.69, 9.17) is 9.94 Å². The second-order valence-corrected chi connectivity index (χ2v) is 5.43. The number of carbonyl (C=O) groups is 1. The van der Waals surface area contributed by atoms with Gasteiger partial charge in [0.2, 0.25) is 0 Å². The van der Waals surface area contributed by atoms with E-state index in [0.29, 0.717) is 16.6 Å². The van der Waals surface area contributed by atoms with E-state index in [0.717, 1.165) is 5.56 Å². The van der Waals surface area contributed by atoms with E-state index < -0.39 is 11.7 Å². The standard InChI is InChI=1S/C17H17FN4O3/c1-10-2-4-15(13(18)8-10)20-16-11(17(24)22-25-7-6-23)3-5-14-12(16)9-19-21-14/h2-5,8-9,20,23H,6-7H2,1H3,(H,19,21)(H,22,24). The highest BCUT2D eigenvalue weighted by molar-refractivity contribution is 6.08. The summed E-state index contributed by atoms with van der Waals surface area (Å²) < 4.78 is 14.2. The summed E-state index contributed by atoms with van der Waals surface area (Å²) in [5.74, 6) is -0.949. The van der Waals surface area contributed by atoms with Gasteiger partial charge in [0.1, 0.15) is 5.82 Å².